The third kappa shape index (κ3) is 8.29. The Morgan fingerprint density at radius 3 is 2.70 bits per heavy atom. The van der Waals surface area contributed by atoms with Crippen LogP contribution in [0, 0.1) is 18.8 Å². The lowest BCUT2D eigenvalue weighted by atomic mass is 10.1. The minimum atomic E-state index is 0. The molecule has 1 aliphatic heterocycles. The fraction of sp³-hybridized carbons (Fsp3) is 0.636. The van der Waals surface area contributed by atoms with Gasteiger partial charge in [0.25, 0.3) is 0 Å². The van der Waals surface area contributed by atoms with E-state index < -0.39 is 0 Å². The van der Waals surface area contributed by atoms with Crippen molar-refractivity contribution in [1.29, 1.82) is 0 Å². The summed E-state index contributed by atoms with van der Waals surface area (Å²) in [7, 11) is 0. The summed E-state index contributed by atoms with van der Waals surface area (Å²) in [6, 6.07) is 6.25. The molecule has 168 valence electrons. The molecule has 7 nitrogen and oxygen atoms in total. The van der Waals surface area contributed by atoms with Crippen molar-refractivity contribution in [2.24, 2.45) is 16.8 Å². The quantitative estimate of drug-likeness (QED) is 0.188. The summed E-state index contributed by atoms with van der Waals surface area (Å²) in [5, 5.41) is 9.49. The third-order valence-corrected chi connectivity index (χ3v) is 5.14. The van der Waals surface area contributed by atoms with Crippen molar-refractivity contribution >= 4 is 35.8 Å². The molecule has 3 rings (SSSR count). The molecule has 8 heteroatoms. The molecule has 30 heavy (non-hydrogen) atoms. The van der Waals surface area contributed by atoms with E-state index in [-0.39, 0.29) is 35.8 Å². The molecule has 1 aliphatic carbocycles. The Kier molecular flexibility index (Phi) is 10.7. The number of nitrogens with zero attached hydrogens (tertiary/aromatic N) is 1. The second-order valence-electron chi connectivity index (χ2n) is 7.84. The maximum absolute atomic E-state index is 11.7. The number of hydrogen-bond acceptors (Lipinski definition) is 4. The minimum Gasteiger partial charge on any atom is -0.493 e. The summed E-state index contributed by atoms with van der Waals surface area (Å²) in [4.78, 5) is 16.4. The first-order valence-corrected chi connectivity index (χ1v) is 10.8. The van der Waals surface area contributed by atoms with Crippen LogP contribution in [0.2, 0.25) is 0 Å². The van der Waals surface area contributed by atoms with Gasteiger partial charge in [-0.25, -0.2) is 4.99 Å². The number of hydrogen-bond donors (Lipinski definition) is 3. The first kappa shape index (κ1) is 24.7. The highest BCUT2D eigenvalue weighted by Gasteiger charge is 2.28. The Morgan fingerprint density at radius 1 is 1.20 bits per heavy atom. The molecule has 3 N–H and O–H groups in total. The molecule has 2 aliphatic rings. The van der Waals surface area contributed by atoms with Crippen LogP contribution in [0.25, 0.3) is 0 Å². The predicted octanol–water partition coefficient (Wildman–Crippen LogP) is 2.61. The molecule has 1 saturated heterocycles. The van der Waals surface area contributed by atoms with E-state index in [9.17, 15) is 4.79 Å². The topological polar surface area (TPSA) is 84.0 Å². The molecule has 1 atom stereocenters. The summed E-state index contributed by atoms with van der Waals surface area (Å²) in [6.45, 7) is 8.95. The largest absolute Gasteiger partial charge is 0.493 e. The Bertz CT molecular complexity index is 704. The van der Waals surface area contributed by atoms with E-state index in [4.69, 9.17) is 14.5 Å². The van der Waals surface area contributed by atoms with Gasteiger partial charge in [-0.2, -0.15) is 0 Å². The number of ether oxygens (including phenoxy) is 2. The first-order valence-electron chi connectivity index (χ1n) is 10.8. The fourth-order valence-electron chi connectivity index (χ4n) is 3.21. The fourth-order valence-corrected chi connectivity index (χ4v) is 3.21. The molecule has 0 spiro atoms. The van der Waals surface area contributed by atoms with Crippen LogP contribution in [-0.2, 0) is 16.1 Å². The Balaban J connectivity index is 0.00000320. The van der Waals surface area contributed by atoms with Crippen molar-refractivity contribution in [1.82, 2.24) is 16.0 Å². The molecule has 2 fully saturated rings. The predicted molar refractivity (Wildman–Crippen MR) is 130 cm³/mol. The highest BCUT2D eigenvalue weighted by molar-refractivity contribution is 14.0. The SMILES string of the molecule is CCNC(=NCc1ccc(C)cc1OCC1CCOC1)NCCNC(=O)C1CC1.I. The molecule has 0 bridgehead atoms. The van der Waals surface area contributed by atoms with Gasteiger partial charge in [0, 0.05) is 43.6 Å². The summed E-state index contributed by atoms with van der Waals surface area (Å²) < 4.78 is 11.5. The van der Waals surface area contributed by atoms with Crippen LogP contribution in [0.1, 0.15) is 37.3 Å². The molecule has 1 amide bonds. The van der Waals surface area contributed by atoms with Crippen LogP contribution in [0.15, 0.2) is 23.2 Å². The number of rotatable bonds is 10. The lowest BCUT2D eigenvalue weighted by Crippen LogP contribution is -2.41. The number of carbonyl (C=O) groups is 1. The summed E-state index contributed by atoms with van der Waals surface area (Å²) in [5.41, 5.74) is 2.24. The number of amides is 1. The number of guanidine groups is 1. The summed E-state index contributed by atoms with van der Waals surface area (Å²) in [5.74, 6) is 2.52. The van der Waals surface area contributed by atoms with E-state index in [1.54, 1.807) is 0 Å². The molecular weight excluding hydrogens is 495 g/mol. The third-order valence-electron chi connectivity index (χ3n) is 5.14. The molecule has 1 aromatic rings. The molecule has 1 aromatic carbocycles. The first-order chi connectivity index (χ1) is 14.2. The van der Waals surface area contributed by atoms with Crippen molar-refractivity contribution in [2.75, 3.05) is 39.5 Å². The van der Waals surface area contributed by atoms with Crippen molar-refractivity contribution in [3.05, 3.63) is 29.3 Å². The van der Waals surface area contributed by atoms with Crippen LogP contribution in [0.5, 0.6) is 5.75 Å². The van der Waals surface area contributed by atoms with Crippen LogP contribution >= 0.6 is 24.0 Å². The monoisotopic (exact) mass is 530 g/mol. The van der Waals surface area contributed by atoms with Crippen molar-refractivity contribution in [3.63, 3.8) is 0 Å². The highest BCUT2D eigenvalue weighted by atomic mass is 127. The van der Waals surface area contributed by atoms with Gasteiger partial charge >= 0.3 is 0 Å². The van der Waals surface area contributed by atoms with Crippen LogP contribution in [0.4, 0.5) is 0 Å². The summed E-state index contributed by atoms with van der Waals surface area (Å²) in [6.07, 6.45) is 3.11. The van der Waals surface area contributed by atoms with Gasteiger partial charge in [-0.3, -0.25) is 4.79 Å². The van der Waals surface area contributed by atoms with E-state index in [0.29, 0.717) is 32.2 Å². The Morgan fingerprint density at radius 2 is 2.00 bits per heavy atom. The van der Waals surface area contributed by atoms with Crippen LogP contribution in [0.3, 0.4) is 0 Å². The zero-order chi connectivity index (χ0) is 20.5. The van der Waals surface area contributed by atoms with Gasteiger partial charge in [-0.05, 0) is 44.7 Å². The lowest BCUT2D eigenvalue weighted by molar-refractivity contribution is -0.122. The van der Waals surface area contributed by atoms with Gasteiger partial charge in [0.05, 0.1) is 19.8 Å². The van der Waals surface area contributed by atoms with Gasteiger partial charge in [-0.15, -0.1) is 24.0 Å². The standard InChI is InChI=1S/C22H34N4O3.HI/c1-3-23-22(25-10-9-24-21(27)18-6-7-18)26-13-19-5-4-16(2)12-20(19)29-15-17-8-11-28-14-17;/h4-5,12,17-18H,3,6-11,13-15H2,1-2H3,(H,24,27)(H2,23,25,26);1H. The van der Waals surface area contributed by atoms with Gasteiger partial charge in [-0.1, -0.05) is 12.1 Å². The maximum atomic E-state index is 11.7. The zero-order valence-corrected chi connectivity index (χ0v) is 20.4. The van der Waals surface area contributed by atoms with Crippen molar-refractivity contribution in [2.45, 2.75) is 39.7 Å². The summed E-state index contributed by atoms with van der Waals surface area (Å²) >= 11 is 0. The van der Waals surface area contributed by atoms with E-state index >= 15 is 0 Å². The Labute approximate surface area is 196 Å². The second kappa shape index (κ2) is 13.0. The van der Waals surface area contributed by atoms with Crippen LogP contribution in [-0.4, -0.2) is 51.3 Å². The van der Waals surface area contributed by atoms with Crippen molar-refractivity contribution in [3.8, 4) is 5.75 Å². The number of benzene rings is 1. The van der Waals surface area contributed by atoms with E-state index in [1.807, 2.05) is 6.92 Å². The number of aliphatic imine (C=N–C) groups is 1. The number of nitrogens with one attached hydrogen (secondary N) is 3. The molecule has 0 radical (unpaired) electrons. The minimum absolute atomic E-state index is 0. The number of aryl methyl sites for hydroxylation is 1. The molecule has 0 aromatic heterocycles. The average molecular weight is 530 g/mol. The van der Waals surface area contributed by atoms with E-state index in [0.717, 1.165) is 56.3 Å². The second-order valence-corrected chi connectivity index (χ2v) is 7.84. The lowest BCUT2D eigenvalue weighted by Gasteiger charge is -2.15. The molecule has 1 heterocycles. The van der Waals surface area contributed by atoms with Crippen LogP contribution < -0.4 is 20.7 Å². The Hall–Kier alpha value is -1.55. The molecular formula is C22H35IN4O3. The molecule has 1 saturated carbocycles. The van der Waals surface area contributed by atoms with Gasteiger partial charge < -0.3 is 25.4 Å². The van der Waals surface area contributed by atoms with E-state index in [2.05, 4.69) is 41.1 Å². The normalized spacial score (nSPS) is 18.5. The average Bonchev–Trinajstić information content (AvgIpc) is 3.44. The van der Waals surface area contributed by atoms with E-state index in [1.165, 1.54) is 5.56 Å². The molecule has 1 unspecified atom stereocenters. The van der Waals surface area contributed by atoms with Gasteiger partial charge in [0.1, 0.15) is 5.75 Å². The highest BCUT2D eigenvalue weighted by Crippen LogP contribution is 2.28. The van der Waals surface area contributed by atoms with Crippen molar-refractivity contribution < 1.29 is 14.3 Å². The van der Waals surface area contributed by atoms with Gasteiger partial charge in [0.15, 0.2) is 5.96 Å². The zero-order valence-electron chi connectivity index (χ0n) is 18.0. The van der Waals surface area contributed by atoms with Gasteiger partial charge in [0.2, 0.25) is 5.91 Å². The smallest absolute Gasteiger partial charge is 0.223 e. The number of halogens is 1. The maximum Gasteiger partial charge on any atom is 0.223 e. The number of carbonyl (C=O) groups excluding carboxylic acids is 1.